The van der Waals surface area contributed by atoms with E-state index in [2.05, 4.69) is 0 Å². The molecular formula is C23H24O6. The van der Waals surface area contributed by atoms with Gasteiger partial charge in [0.05, 0.1) is 6.61 Å². The molecule has 0 saturated heterocycles. The first-order chi connectivity index (χ1) is 14.0. The van der Waals surface area contributed by atoms with E-state index in [1.165, 1.54) is 6.07 Å². The Bertz CT molecular complexity index is 1070. The number of fused-ring (bicyclic) bond motifs is 1. The van der Waals surface area contributed by atoms with Crippen LogP contribution in [0, 0.1) is 13.8 Å². The molecule has 6 nitrogen and oxygen atoms in total. The van der Waals surface area contributed by atoms with Crippen LogP contribution in [0.5, 0.6) is 11.5 Å². The second-order valence-corrected chi connectivity index (χ2v) is 6.72. The van der Waals surface area contributed by atoms with Crippen LogP contribution in [0.2, 0.25) is 0 Å². The number of benzene rings is 2. The highest BCUT2D eigenvalue weighted by molar-refractivity contribution is 5.84. The van der Waals surface area contributed by atoms with Gasteiger partial charge in [0.1, 0.15) is 12.2 Å². The van der Waals surface area contributed by atoms with E-state index in [9.17, 15) is 9.59 Å². The van der Waals surface area contributed by atoms with Crippen LogP contribution in [-0.4, -0.2) is 19.2 Å². The number of aryl methyl sites for hydroxylation is 2. The van der Waals surface area contributed by atoms with E-state index in [0.717, 1.165) is 22.9 Å². The molecule has 0 spiro atoms. The van der Waals surface area contributed by atoms with Crippen LogP contribution in [0.1, 0.15) is 30.0 Å². The van der Waals surface area contributed by atoms with Crippen molar-refractivity contribution in [2.45, 2.75) is 33.8 Å². The highest BCUT2D eigenvalue weighted by Gasteiger charge is 2.13. The molecule has 3 rings (SSSR count). The number of para-hydroxylation sites is 2. The fraction of sp³-hybridized carbons (Fsp3) is 0.304. The second-order valence-electron chi connectivity index (χ2n) is 6.72. The van der Waals surface area contributed by atoms with Crippen LogP contribution in [0.4, 0.5) is 0 Å². The summed E-state index contributed by atoms with van der Waals surface area (Å²) in [6, 6.07) is 12.3. The lowest BCUT2D eigenvalue weighted by molar-refractivity contribution is -0.147. The van der Waals surface area contributed by atoms with Gasteiger partial charge in [0.2, 0.25) is 0 Å². The fourth-order valence-corrected chi connectivity index (χ4v) is 2.88. The molecule has 0 aliphatic carbocycles. The van der Waals surface area contributed by atoms with Crippen LogP contribution in [0.25, 0.3) is 11.0 Å². The normalized spacial score (nSPS) is 10.7. The van der Waals surface area contributed by atoms with Gasteiger partial charge in [-0.25, -0.2) is 9.59 Å². The summed E-state index contributed by atoms with van der Waals surface area (Å²) in [7, 11) is 0. The van der Waals surface area contributed by atoms with Gasteiger partial charge in [0, 0.05) is 17.0 Å². The molecule has 2 aromatic carbocycles. The summed E-state index contributed by atoms with van der Waals surface area (Å²) in [4.78, 5) is 24.1. The highest BCUT2D eigenvalue weighted by Crippen LogP contribution is 2.27. The highest BCUT2D eigenvalue weighted by atomic mass is 16.6. The van der Waals surface area contributed by atoms with Crippen molar-refractivity contribution >= 4 is 16.9 Å². The number of rotatable bonds is 8. The SMILES string of the molecule is CCCOc1ccccc1OCC(=O)OCc1cc(=O)oc2c(C)c(C)ccc12. The predicted octanol–water partition coefficient (Wildman–Crippen LogP) is 4.32. The molecule has 0 fully saturated rings. The molecule has 0 unspecified atom stereocenters. The Morgan fingerprint density at radius 2 is 1.76 bits per heavy atom. The van der Waals surface area contributed by atoms with Gasteiger partial charge < -0.3 is 18.6 Å². The lowest BCUT2D eigenvalue weighted by Gasteiger charge is -2.12. The third-order valence-electron chi connectivity index (χ3n) is 4.56. The average molecular weight is 396 g/mol. The largest absolute Gasteiger partial charge is 0.490 e. The minimum absolute atomic E-state index is 0.0409. The Morgan fingerprint density at radius 1 is 1.03 bits per heavy atom. The number of esters is 1. The van der Waals surface area contributed by atoms with E-state index in [0.29, 0.717) is 29.3 Å². The molecule has 0 amide bonds. The minimum atomic E-state index is -0.541. The molecule has 0 N–H and O–H groups in total. The molecule has 6 heteroatoms. The lowest BCUT2D eigenvalue weighted by Crippen LogP contribution is -2.16. The summed E-state index contributed by atoms with van der Waals surface area (Å²) in [5.41, 5.74) is 2.55. The number of ether oxygens (including phenoxy) is 3. The first-order valence-electron chi connectivity index (χ1n) is 9.52. The van der Waals surface area contributed by atoms with Crippen molar-refractivity contribution in [3.05, 3.63) is 69.6 Å². The zero-order valence-electron chi connectivity index (χ0n) is 16.8. The van der Waals surface area contributed by atoms with Crippen LogP contribution >= 0.6 is 0 Å². The van der Waals surface area contributed by atoms with Crippen molar-refractivity contribution in [1.82, 2.24) is 0 Å². The topological polar surface area (TPSA) is 75.0 Å². The van der Waals surface area contributed by atoms with E-state index in [1.807, 2.05) is 39.0 Å². The summed E-state index contributed by atoms with van der Waals surface area (Å²) in [5.74, 6) is 0.523. The fourth-order valence-electron chi connectivity index (χ4n) is 2.88. The molecule has 3 aromatic rings. The second kappa shape index (κ2) is 9.28. The Hall–Kier alpha value is -3.28. The predicted molar refractivity (Wildman–Crippen MR) is 109 cm³/mol. The quantitative estimate of drug-likeness (QED) is 0.417. The van der Waals surface area contributed by atoms with Gasteiger partial charge in [-0.2, -0.15) is 0 Å². The van der Waals surface area contributed by atoms with Crippen molar-refractivity contribution < 1.29 is 23.4 Å². The Labute approximate surface area is 169 Å². The first-order valence-corrected chi connectivity index (χ1v) is 9.52. The lowest BCUT2D eigenvalue weighted by atomic mass is 10.0. The van der Waals surface area contributed by atoms with Gasteiger partial charge in [0.25, 0.3) is 0 Å². The van der Waals surface area contributed by atoms with Crippen LogP contribution < -0.4 is 15.1 Å². The van der Waals surface area contributed by atoms with Crippen molar-refractivity contribution in [3.63, 3.8) is 0 Å². The van der Waals surface area contributed by atoms with Crippen molar-refractivity contribution in [2.24, 2.45) is 0 Å². The van der Waals surface area contributed by atoms with E-state index < -0.39 is 11.6 Å². The number of hydrogen-bond acceptors (Lipinski definition) is 6. The zero-order valence-corrected chi connectivity index (χ0v) is 16.8. The van der Waals surface area contributed by atoms with Gasteiger partial charge in [-0.3, -0.25) is 0 Å². The molecule has 1 aromatic heterocycles. The Kier molecular flexibility index (Phi) is 6.54. The zero-order chi connectivity index (χ0) is 20.8. The molecule has 0 atom stereocenters. The molecule has 0 aliphatic heterocycles. The van der Waals surface area contributed by atoms with Gasteiger partial charge in [0.15, 0.2) is 18.1 Å². The van der Waals surface area contributed by atoms with Crippen molar-refractivity contribution in [3.8, 4) is 11.5 Å². The Balaban J connectivity index is 1.66. The molecule has 0 bridgehead atoms. The maximum absolute atomic E-state index is 12.2. The van der Waals surface area contributed by atoms with Gasteiger partial charge in [-0.05, 0) is 43.5 Å². The van der Waals surface area contributed by atoms with Crippen LogP contribution in [0.15, 0.2) is 51.7 Å². The van der Waals surface area contributed by atoms with Crippen molar-refractivity contribution in [2.75, 3.05) is 13.2 Å². The number of hydrogen-bond donors (Lipinski definition) is 0. The maximum atomic E-state index is 12.2. The first kappa shape index (κ1) is 20.5. The summed E-state index contributed by atoms with van der Waals surface area (Å²) < 4.78 is 21.8. The molecule has 152 valence electrons. The average Bonchev–Trinajstić information content (AvgIpc) is 2.72. The molecule has 0 aliphatic rings. The Morgan fingerprint density at radius 3 is 2.48 bits per heavy atom. The van der Waals surface area contributed by atoms with Crippen LogP contribution in [-0.2, 0) is 16.1 Å². The third-order valence-corrected chi connectivity index (χ3v) is 4.56. The maximum Gasteiger partial charge on any atom is 0.344 e. The summed E-state index contributed by atoms with van der Waals surface area (Å²) in [6.07, 6.45) is 0.869. The van der Waals surface area contributed by atoms with E-state index >= 15 is 0 Å². The summed E-state index contributed by atoms with van der Waals surface area (Å²) in [5, 5.41) is 0.750. The summed E-state index contributed by atoms with van der Waals surface area (Å²) in [6.45, 7) is 6.11. The number of carbonyl (C=O) groups excluding carboxylic acids is 1. The van der Waals surface area contributed by atoms with E-state index in [1.54, 1.807) is 18.2 Å². The van der Waals surface area contributed by atoms with E-state index in [-0.39, 0.29) is 13.2 Å². The standard InChI is InChI=1S/C23H24O6/c1-4-11-26-19-7-5-6-8-20(19)27-14-22(25)28-13-17-12-21(24)29-23-16(3)15(2)9-10-18(17)23/h5-10,12H,4,11,13-14H2,1-3H3. The van der Waals surface area contributed by atoms with Gasteiger partial charge in [-0.1, -0.05) is 31.2 Å². The van der Waals surface area contributed by atoms with Gasteiger partial charge in [-0.15, -0.1) is 0 Å². The van der Waals surface area contributed by atoms with Crippen LogP contribution in [0.3, 0.4) is 0 Å². The molecule has 0 radical (unpaired) electrons. The third kappa shape index (κ3) is 4.96. The smallest absolute Gasteiger partial charge is 0.344 e. The molecule has 0 saturated carbocycles. The van der Waals surface area contributed by atoms with E-state index in [4.69, 9.17) is 18.6 Å². The molecular weight excluding hydrogens is 372 g/mol. The minimum Gasteiger partial charge on any atom is -0.490 e. The number of carbonyl (C=O) groups is 1. The summed E-state index contributed by atoms with van der Waals surface area (Å²) >= 11 is 0. The van der Waals surface area contributed by atoms with Gasteiger partial charge >= 0.3 is 11.6 Å². The molecule has 1 heterocycles. The monoisotopic (exact) mass is 396 g/mol. The molecule has 29 heavy (non-hydrogen) atoms. The van der Waals surface area contributed by atoms with Crippen molar-refractivity contribution in [1.29, 1.82) is 0 Å².